The highest BCUT2D eigenvalue weighted by Gasteiger charge is 2.37. The molecule has 0 radical (unpaired) electrons. The molecule has 0 aliphatic carbocycles. The van der Waals surface area contributed by atoms with Gasteiger partial charge in [-0.1, -0.05) is 0 Å². The van der Waals surface area contributed by atoms with Gasteiger partial charge in [0.05, 0.1) is 17.7 Å². The van der Waals surface area contributed by atoms with Crippen molar-refractivity contribution < 1.29 is 35.9 Å². The fraction of sp³-hybridized carbons (Fsp3) is 0.481. The number of likely N-dealkylation sites (tertiary alicyclic amines) is 1. The molecule has 1 amide bonds. The second-order valence-corrected chi connectivity index (χ2v) is 10.5. The van der Waals surface area contributed by atoms with Gasteiger partial charge in [-0.05, 0) is 54.8 Å². The number of carbonyl (C=O) groups is 2. The van der Waals surface area contributed by atoms with Gasteiger partial charge in [0.15, 0.2) is 5.78 Å². The number of aromatic nitrogens is 3. The van der Waals surface area contributed by atoms with Gasteiger partial charge >= 0.3 is 12.4 Å². The summed E-state index contributed by atoms with van der Waals surface area (Å²) in [6, 6.07) is 6.74. The molecule has 3 aromatic rings. The number of aromatic amines is 1. The number of benzene rings is 2. The predicted molar refractivity (Wildman–Crippen MR) is 136 cm³/mol. The van der Waals surface area contributed by atoms with Gasteiger partial charge in [-0.3, -0.25) is 19.4 Å². The van der Waals surface area contributed by atoms with E-state index in [1.807, 2.05) is 9.80 Å². The van der Waals surface area contributed by atoms with Gasteiger partial charge in [-0.25, -0.2) is 0 Å². The van der Waals surface area contributed by atoms with E-state index in [2.05, 4.69) is 20.3 Å². The van der Waals surface area contributed by atoms with Crippen molar-refractivity contribution in [1.82, 2.24) is 30.1 Å². The minimum atomic E-state index is -4.95. The number of hydrogen-bond donors (Lipinski definition) is 1. The van der Waals surface area contributed by atoms with Gasteiger partial charge in [0, 0.05) is 57.3 Å². The molecule has 2 saturated heterocycles. The van der Waals surface area contributed by atoms with Crippen LogP contribution in [0.4, 0.5) is 26.3 Å². The summed E-state index contributed by atoms with van der Waals surface area (Å²) in [5.41, 5.74) is -1.29. The topological polar surface area (TPSA) is 85.4 Å². The van der Waals surface area contributed by atoms with Gasteiger partial charge in [0.1, 0.15) is 11.0 Å². The Hall–Kier alpha value is -3.52. The zero-order valence-electron chi connectivity index (χ0n) is 21.9. The molecule has 2 aliphatic rings. The Morgan fingerprint density at radius 2 is 1.41 bits per heavy atom. The number of rotatable bonds is 6. The Morgan fingerprint density at radius 3 is 2.02 bits per heavy atom. The van der Waals surface area contributed by atoms with Crippen LogP contribution in [0.2, 0.25) is 0 Å². The monoisotopic (exact) mass is 582 g/mol. The standard InChI is InChI=1S/C27H28F6N6O2/c28-26(29,30)19-11-17(12-20(15-19)27(31,32)33)13-22(40)16-37-5-3-21(4-6-37)38-7-9-39(10-8-38)25(41)18-1-2-23-24(14-18)35-36-34-23/h1-2,11-12,14-15,21H,3-10,13,16H2,(H,34,35,36). The quantitative estimate of drug-likeness (QED) is 0.442. The van der Waals surface area contributed by atoms with Crippen LogP contribution in [0.5, 0.6) is 0 Å². The second-order valence-electron chi connectivity index (χ2n) is 10.5. The molecule has 41 heavy (non-hydrogen) atoms. The van der Waals surface area contributed by atoms with Crippen LogP contribution in [0, 0.1) is 0 Å². The molecule has 220 valence electrons. The van der Waals surface area contributed by atoms with Crippen molar-refractivity contribution >= 4 is 22.7 Å². The van der Waals surface area contributed by atoms with Crippen LogP contribution in [0.25, 0.3) is 11.0 Å². The van der Waals surface area contributed by atoms with Crippen molar-refractivity contribution in [3.8, 4) is 0 Å². The first-order valence-electron chi connectivity index (χ1n) is 13.2. The molecule has 1 N–H and O–H groups in total. The molecule has 14 heteroatoms. The molecule has 3 heterocycles. The molecule has 0 atom stereocenters. The number of carbonyl (C=O) groups excluding carboxylic acids is 2. The molecule has 1 aromatic heterocycles. The number of halogens is 6. The molecule has 0 bridgehead atoms. The van der Waals surface area contributed by atoms with Crippen molar-refractivity contribution in [2.24, 2.45) is 0 Å². The Kier molecular flexibility index (Phi) is 8.06. The number of H-pyrrole nitrogens is 1. The van der Waals surface area contributed by atoms with Crippen LogP contribution in [0.1, 0.15) is 39.9 Å². The largest absolute Gasteiger partial charge is 0.416 e. The van der Waals surface area contributed by atoms with E-state index in [-0.39, 0.29) is 30.1 Å². The van der Waals surface area contributed by atoms with Crippen LogP contribution < -0.4 is 0 Å². The fourth-order valence-electron chi connectivity index (χ4n) is 5.54. The second kappa shape index (κ2) is 11.4. The van der Waals surface area contributed by atoms with E-state index >= 15 is 0 Å². The van der Waals surface area contributed by atoms with Crippen LogP contribution in [0.15, 0.2) is 36.4 Å². The number of alkyl halides is 6. The third kappa shape index (κ3) is 6.87. The summed E-state index contributed by atoms with van der Waals surface area (Å²) in [6.07, 6.45) is -8.87. The summed E-state index contributed by atoms with van der Waals surface area (Å²) in [6.45, 7) is 3.70. The van der Waals surface area contributed by atoms with Gasteiger partial charge in [-0.2, -0.15) is 41.8 Å². The molecule has 0 unspecified atom stereocenters. The minimum absolute atomic E-state index is 0.0392. The Bertz CT molecular complexity index is 1370. The van der Waals surface area contributed by atoms with E-state index in [1.54, 1.807) is 18.2 Å². The summed E-state index contributed by atoms with van der Waals surface area (Å²) >= 11 is 0. The lowest BCUT2D eigenvalue weighted by atomic mass is 9.99. The maximum absolute atomic E-state index is 13.1. The van der Waals surface area contributed by atoms with Crippen molar-refractivity contribution in [2.45, 2.75) is 37.7 Å². The number of fused-ring (bicyclic) bond motifs is 1. The Morgan fingerprint density at radius 1 is 0.805 bits per heavy atom. The van der Waals surface area contributed by atoms with E-state index in [9.17, 15) is 35.9 Å². The average molecular weight is 583 g/mol. The van der Waals surface area contributed by atoms with Gasteiger partial charge in [0.2, 0.25) is 0 Å². The van der Waals surface area contributed by atoms with Crippen LogP contribution in [0.3, 0.4) is 0 Å². The van der Waals surface area contributed by atoms with Crippen molar-refractivity contribution in [3.63, 3.8) is 0 Å². The van der Waals surface area contributed by atoms with E-state index in [0.717, 1.165) is 12.8 Å². The number of piperazine rings is 1. The molecule has 0 saturated carbocycles. The summed E-state index contributed by atoms with van der Waals surface area (Å²) in [7, 11) is 0. The first-order chi connectivity index (χ1) is 19.4. The summed E-state index contributed by atoms with van der Waals surface area (Å²) < 4.78 is 78.8. The predicted octanol–water partition coefficient (Wildman–Crippen LogP) is 4.03. The van der Waals surface area contributed by atoms with Gasteiger partial charge < -0.3 is 4.90 Å². The van der Waals surface area contributed by atoms with Gasteiger partial charge in [-0.15, -0.1) is 0 Å². The minimum Gasteiger partial charge on any atom is -0.336 e. The Balaban J connectivity index is 1.09. The highest BCUT2D eigenvalue weighted by Crippen LogP contribution is 2.36. The Labute approximate surface area is 231 Å². The molecule has 0 spiro atoms. The lowest BCUT2D eigenvalue weighted by Gasteiger charge is -2.42. The van der Waals surface area contributed by atoms with E-state index in [4.69, 9.17) is 0 Å². The molecular formula is C27H28F6N6O2. The van der Waals surface area contributed by atoms with Crippen molar-refractivity contribution in [3.05, 3.63) is 58.7 Å². The average Bonchev–Trinajstić information content (AvgIpc) is 3.40. The molecule has 8 nitrogen and oxygen atoms in total. The smallest absolute Gasteiger partial charge is 0.336 e. The SMILES string of the molecule is O=C(Cc1cc(C(F)(F)F)cc(C(F)(F)F)c1)CN1CCC(N2CCN(C(=O)c3ccc4n[nH]nc4c3)CC2)CC1. The lowest BCUT2D eigenvalue weighted by molar-refractivity contribution is -0.143. The van der Waals surface area contributed by atoms with Gasteiger partial charge in [0.25, 0.3) is 5.91 Å². The van der Waals surface area contributed by atoms with Crippen LogP contribution in [-0.2, 0) is 23.6 Å². The van der Waals surface area contributed by atoms with Crippen LogP contribution in [-0.4, -0.2) is 93.7 Å². The third-order valence-corrected chi connectivity index (χ3v) is 7.69. The normalized spacial score (nSPS) is 18.2. The molecule has 5 rings (SSSR count). The highest BCUT2D eigenvalue weighted by molar-refractivity contribution is 5.97. The van der Waals surface area contributed by atoms with E-state index < -0.39 is 35.7 Å². The molecular weight excluding hydrogens is 554 g/mol. The highest BCUT2D eigenvalue weighted by atomic mass is 19.4. The van der Waals surface area contributed by atoms with E-state index in [0.29, 0.717) is 68.0 Å². The zero-order valence-corrected chi connectivity index (χ0v) is 21.9. The number of ketones is 1. The van der Waals surface area contributed by atoms with Crippen LogP contribution >= 0.6 is 0 Å². The maximum Gasteiger partial charge on any atom is 0.416 e. The summed E-state index contributed by atoms with van der Waals surface area (Å²) in [4.78, 5) is 31.6. The number of piperidine rings is 1. The maximum atomic E-state index is 13.1. The first-order valence-corrected chi connectivity index (χ1v) is 13.2. The third-order valence-electron chi connectivity index (χ3n) is 7.69. The molecule has 2 aliphatic heterocycles. The number of nitrogens with one attached hydrogen (secondary N) is 1. The number of Topliss-reactive ketones (excluding diaryl/α,β-unsaturated/α-hetero) is 1. The first kappa shape index (κ1) is 29.0. The van der Waals surface area contributed by atoms with Crippen molar-refractivity contribution in [2.75, 3.05) is 45.8 Å². The lowest BCUT2D eigenvalue weighted by Crippen LogP contribution is -2.54. The van der Waals surface area contributed by atoms with Crippen molar-refractivity contribution in [1.29, 1.82) is 0 Å². The molecule has 2 aromatic carbocycles. The summed E-state index contributed by atoms with van der Waals surface area (Å²) in [5, 5.41) is 10.6. The zero-order chi connectivity index (χ0) is 29.4. The number of amides is 1. The number of nitrogens with zero attached hydrogens (tertiary/aromatic N) is 5. The van der Waals surface area contributed by atoms with E-state index in [1.165, 1.54) is 0 Å². The summed E-state index contributed by atoms with van der Waals surface area (Å²) in [5.74, 6) is -0.502. The molecule has 2 fully saturated rings. The fourth-order valence-corrected chi connectivity index (χ4v) is 5.54. The number of hydrogen-bond acceptors (Lipinski definition) is 6.